The van der Waals surface area contributed by atoms with Crippen molar-refractivity contribution in [2.75, 3.05) is 0 Å². The van der Waals surface area contributed by atoms with Gasteiger partial charge in [-0.1, -0.05) is 84.9 Å². The van der Waals surface area contributed by atoms with E-state index >= 15 is 0 Å². The first-order chi connectivity index (χ1) is 15.6. The lowest BCUT2D eigenvalue weighted by Gasteiger charge is -2.07. The molecule has 4 nitrogen and oxygen atoms in total. The van der Waals surface area contributed by atoms with Gasteiger partial charge in [0.2, 0.25) is 0 Å². The fraction of sp³-hybridized carbons (Fsp3) is 0.0370. The molecule has 5 heteroatoms. The minimum atomic E-state index is -0.525. The van der Waals surface area contributed by atoms with E-state index < -0.39 is 6.03 Å². The Kier molecular flexibility index (Phi) is 6.68. The molecule has 0 aliphatic carbocycles. The summed E-state index contributed by atoms with van der Waals surface area (Å²) < 4.78 is 2.46. The zero-order valence-electron chi connectivity index (χ0n) is 17.7. The van der Waals surface area contributed by atoms with Gasteiger partial charge in [0, 0.05) is 15.8 Å². The Bertz CT molecular complexity index is 1380. The Morgan fingerprint density at radius 3 is 2.28 bits per heavy atom. The van der Waals surface area contributed by atoms with E-state index in [2.05, 4.69) is 71.5 Å². The van der Waals surface area contributed by atoms with Gasteiger partial charge in [-0.05, 0) is 53.4 Å². The van der Waals surface area contributed by atoms with Crippen LogP contribution in [0.3, 0.4) is 0 Å². The number of carbonyl (C=O) groups excluding carboxylic acids is 1. The quantitative estimate of drug-likeness (QED) is 0.308. The molecule has 0 aliphatic rings. The summed E-state index contributed by atoms with van der Waals surface area (Å²) in [5.41, 5.74) is 9.30. The topological polar surface area (TPSA) is 68.0 Å². The Morgan fingerprint density at radius 1 is 0.781 bits per heavy atom. The van der Waals surface area contributed by atoms with Crippen LogP contribution < -0.4 is 10.5 Å². The average Bonchev–Trinajstić information content (AvgIpc) is 2.83. The van der Waals surface area contributed by atoms with Crippen molar-refractivity contribution in [3.63, 3.8) is 0 Å². The molecule has 0 fully saturated rings. The average molecular weight is 438 g/mol. The molecule has 0 spiro atoms. The van der Waals surface area contributed by atoms with Gasteiger partial charge in [0.15, 0.2) is 0 Å². The summed E-state index contributed by atoms with van der Waals surface area (Å²) in [7, 11) is 0. The van der Waals surface area contributed by atoms with Crippen molar-refractivity contribution in [1.29, 1.82) is 0 Å². The number of carbonyl (C=O) groups is 1. The number of para-hydroxylation sites is 1. The lowest BCUT2D eigenvalue weighted by molar-refractivity contribution is 0.254. The standard InChI is InChI=1S/C19H13N.C8H10N2OS/c1-3-9-16-14(6-1)8-5-10-17(16)19-13-12-15-7-2-4-11-18(15)20-19;1-6-4-2-3-5-7(6)12-10-8(9)11/h1-13H;2-5H,1H3,(H3,9,10,11). The smallest absolute Gasteiger partial charge is 0.322 e. The lowest BCUT2D eigenvalue weighted by Crippen LogP contribution is -2.22. The maximum absolute atomic E-state index is 10.4. The van der Waals surface area contributed by atoms with E-state index in [1.54, 1.807) is 0 Å². The first kappa shape index (κ1) is 21.4. The number of hydrogen-bond acceptors (Lipinski definition) is 3. The van der Waals surface area contributed by atoms with Crippen molar-refractivity contribution in [1.82, 2.24) is 9.71 Å². The molecule has 158 valence electrons. The molecule has 4 aromatic carbocycles. The van der Waals surface area contributed by atoms with Crippen molar-refractivity contribution >= 4 is 39.7 Å². The van der Waals surface area contributed by atoms with Gasteiger partial charge < -0.3 is 5.73 Å². The van der Waals surface area contributed by atoms with Gasteiger partial charge in [-0.2, -0.15) is 0 Å². The minimum Gasteiger partial charge on any atom is -0.351 e. The molecule has 1 aromatic heterocycles. The number of rotatable bonds is 3. The molecular weight excluding hydrogens is 414 g/mol. The minimum absolute atomic E-state index is 0.525. The molecule has 3 N–H and O–H groups in total. The number of hydrogen-bond donors (Lipinski definition) is 2. The van der Waals surface area contributed by atoms with E-state index in [0.717, 1.165) is 21.7 Å². The van der Waals surface area contributed by atoms with Crippen molar-refractivity contribution in [2.45, 2.75) is 11.8 Å². The second-order valence-corrected chi connectivity index (χ2v) is 8.10. The molecule has 1 heterocycles. The van der Waals surface area contributed by atoms with Crippen LogP contribution in [0.5, 0.6) is 0 Å². The van der Waals surface area contributed by atoms with Crippen molar-refractivity contribution in [3.8, 4) is 11.3 Å². The number of aromatic nitrogens is 1. The third-order valence-corrected chi connectivity index (χ3v) is 6.00. The molecule has 0 bridgehead atoms. The van der Waals surface area contributed by atoms with Gasteiger partial charge >= 0.3 is 6.03 Å². The molecule has 5 rings (SSSR count). The highest BCUT2D eigenvalue weighted by Crippen LogP contribution is 2.28. The lowest BCUT2D eigenvalue weighted by atomic mass is 10.0. The number of urea groups is 1. The maximum Gasteiger partial charge on any atom is 0.322 e. The molecule has 2 amide bonds. The first-order valence-corrected chi connectivity index (χ1v) is 11.1. The number of benzene rings is 4. The highest BCUT2D eigenvalue weighted by molar-refractivity contribution is 7.98. The van der Waals surface area contributed by atoms with Gasteiger partial charge in [-0.3, -0.25) is 4.72 Å². The third kappa shape index (κ3) is 5.07. The molecule has 0 aliphatic heterocycles. The Hall–Kier alpha value is -3.83. The van der Waals surface area contributed by atoms with E-state index in [0.29, 0.717) is 0 Å². The molecular formula is C27H23N3OS. The van der Waals surface area contributed by atoms with Crippen LogP contribution in [0.1, 0.15) is 5.56 Å². The molecule has 0 radical (unpaired) electrons. The molecule has 0 unspecified atom stereocenters. The summed E-state index contributed by atoms with van der Waals surface area (Å²) in [5.74, 6) is 0. The van der Waals surface area contributed by atoms with Gasteiger partial charge in [0.1, 0.15) is 0 Å². The van der Waals surface area contributed by atoms with Crippen LogP contribution >= 0.6 is 11.9 Å². The fourth-order valence-corrected chi connectivity index (χ4v) is 4.03. The molecule has 0 saturated heterocycles. The SMILES string of the molecule is Cc1ccccc1SNC(N)=O.c1ccc2nc(-c3cccc4ccccc34)ccc2c1. The van der Waals surface area contributed by atoms with Gasteiger partial charge in [-0.15, -0.1) is 0 Å². The number of nitrogens with two attached hydrogens (primary N) is 1. The van der Waals surface area contributed by atoms with E-state index in [1.165, 1.54) is 33.7 Å². The van der Waals surface area contributed by atoms with Crippen LogP contribution in [-0.4, -0.2) is 11.0 Å². The first-order valence-electron chi connectivity index (χ1n) is 10.2. The van der Waals surface area contributed by atoms with Gasteiger partial charge in [-0.25, -0.2) is 9.78 Å². The van der Waals surface area contributed by atoms with Crippen LogP contribution in [0.4, 0.5) is 4.79 Å². The van der Waals surface area contributed by atoms with E-state index in [1.807, 2.05) is 43.3 Å². The van der Waals surface area contributed by atoms with Gasteiger partial charge in [0.25, 0.3) is 0 Å². The van der Waals surface area contributed by atoms with Crippen molar-refractivity contribution in [2.24, 2.45) is 5.73 Å². The number of pyridine rings is 1. The predicted octanol–water partition coefficient (Wildman–Crippen LogP) is 6.73. The number of aryl methyl sites for hydroxylation is 1. The zero-order chi connectivity index (χ0) is 22.3. The van der Waals surface area contributed by atoms with E-state index in [4.69, 9.17) is 10.7 Å². The Labute approximate surface area is 191 Å². The number of nitrogens with zero attached hydrogens (tertiary/aromatic N) is 1. The Morgan fingerprint density at radius 2 is 1.47 bits per heavy atom. The molecule has 0 saturated carbocycles. The summed E-state index contributed by atoms with van der Waals surface area (Å²) in [5, 5.41) is 3.68. The molecule has 0 atom stereocenters. The van der Waals surface area contributed by atoms with E-state index in [-0.39, 0.29) is 0 Å². The largest absolute Gasteiger partial charge is 0.351 e. The van der Waals surface area contributed by atoms with E-state index in [9.17, 15) is 4.79 Å². The third-order valence-electron chi connectivity index (χ3n) is 5.02. The monoisotopic (exact) mass is 437 g/mol. The van der Waals surface area contributed by atoms with Crippen LogP contribution in [0.2, 0.25) is 0 Å². The number of primary amides is 1. The predicted molar refractivity (Wildman–Crippen MR) is 134 cm³/mol. The van der Waals surface area contributed by atoms with Crippen molar-refractivity contribution in [3.05, 3.63) is 109 Å². The molecule has 32 heavy (non-hydrogen) atoms. The fourth-order valence-electron chi connectivity index (χ4n) is 3.44. The highest BCUT2D eigenvalue weighted by atomic mass is 32.2. The normalized spacial score (nSPS) is 10.4. The summed E-state index contributed by atoms with van der Waals surface area (Å²) in [6.45, 7) is 1.98. The van der Waals surface area contributed by atoms with Crippen LogP contribution in [-0.2, 0) is 0 Å². The number of amides is 2. The van der Waals surface area contributed by atoms with Crippen LogP contribution in [0.25, 0.3) is 32.9 Å². The summed E-state index contributed by atoms with van der Waals surface area (Å²) in [4.78, 5) is 16.2. The van der Waals surface area contributed by atoms with Crippen LogP contribution in [0.15, 0.2) is 108 Å². The van der Waals surface area contributed by atoms with Gasteiger partial charge in [0.05, 0.1) is 11.2 Å². The Balaban J connectivity index is 0.000000176. The second kappa shape index (κ2) is 9.98. The second-order valence-electron chi connectivity index (χ2n) is 7.25. The number of nitrogens with one attached hydrogen (secondary N) is 1. The summed E-state index contributed by atoms with van der Waals surface area (Å²) in [6, 6.07) is 34.5. The number of fused-ring (bicyclic) bond motifs is 2. The summed E-state index contributed by atoms with van der Waals surface area (Å²) >= 11 is 1.23. The zero-order valence-corrected chi connectivity index (χ0v) is 18.5. The molecule has 5 aromatic rings. The maximum atomic E-state index is 10.4. The highest BCUT2D eigenvalue weighted by Gasteiger charge is 2.05. The van der Waals surface area contributed by atoms with Crippen LogP contribution in [0, 0.1) is 6.92 Å². The van der Waals surface area contributed by atoms with Crippen molar-refractivity contribution < 1.29 is 4.79 Å². The summed E-state index contributed by atoms with van der Waals surface area (Å²) in [6.07, 6.45) is 0.